The SMILES string of the molecule is Cc1ccc(C(=O)NC2CCN(CC(=O)Nc3cccc(CSc4ccccn4)c3)CC2)o1. The third-order valence-electron chi connectivity index (χ3n) is 5.49. The smallest absolute Gasteiger partial charge is 0.287 e. The van der Waals surface area contributed by atoms with E-state index in [0.717, 1.165) is 53.7 Å². The Labute approximate surface area is 198 Å². The number of anilines is 1. The number of nitrogens with zero attached hydrogens (tertiary/aromatic N) is 2. The highest BCUT2D eigenvalue weighted by molar-refractivity contribution is 7.98. The Balaban J connectivity index is 1.20. The number of hydrogen-bond acceptors (Lipinski definition) is 6. The van der Waals surface area contributed by atoms with Gasteiger partial charge in [-0.05, 0) is 61.7 Å². The van der Waals surface area contributed by atoms with Crippen LogP contribution in [0, 0.1) is 6.92 Å². The molecule has 0 saturated carbocycles. The lowest BCUT2D eigenvalue weighted by atomic mass is 10.0. The van der Waals surface area contributed by atoms with Crippen LogP contribution in [0.15, 0.2) is 70.2 Å². The van der Waals surface area contributed by atoms with Gasteiger partial charge < -0.3 is 15.1 Å². The van der Waals surface area contributed by atoms with E-state index in [9.17, 15) is 9.59 Å². The van der Waals surface area contributed by atoms with Gasteiger partial charge in [0.15, 0.2) is 5.76 Å². The Morgan fingerprint density at radius 3 is 2.70 bits per heavy atom. The zero-order valence-corrected chi connectivity index (χ0v) is 19.4. The average molecular weight is 465 g/mol. The van der Waals surface area contributed by atoms with Crippen LogP contribution in [0.3, 0.4) is 0 Å². The number of likely N-dealkylation sites (tertiary alicyclic amines) is 1. The van der Waals surface area contributed by atoms with E-state index < -0.39 is 0 Å². The Hall–Kier alpha value is -3.10. The van der Waals surface area contributed by atoms with E-state index in [1.165, 1.54) is 0 Å². The predicted octanol–water partition coefficient (Wildman–Crippen LogP) is 4.11. The molecule has 0 unspecified atom stereocenters. The maximum absolute atomic E-state index is 12.6. The highest BCUT2D eigenvalue weighted by Gasteiger charge is 2.23. The van der Waals surface area contributed by atoms with Crippen LogP contribution in [0.2, 0.25) is 0 Å². The second-order valence-electron chi connectivity index (χ2n) is 8.14. The van der Waals surface area contributed by atoms with Crippen LogP contribution in [-0.4, -0.2) is 47.4 Å². The second-order valence-corrected chi connectivity index (χ2v) is 9.14. The number of aromatic nitrogens is 1. The number of carbonyl (C=O) groups is 2. The summed E-state index contributed by atoms with van der Waals surface area (Å²) in [5.41, 5.74) is 1.93. The number of piperidine rings is 1. The molecule has 1 fully saturated rings. The summed E-state index contributed by atoms with van der Waals surface area (Å²) in [6.45, 7) is 3.68. The van der Waals surface area contributed by atoms with E-state index in [1.807, 2.05) is 43.3 Å². The molecule has 0 aliphatic carbocycles. The number of pyridine rings is 1. The van der Waals surface area contributed by atoms with Gasteiger partial charge in [-0.15, -0.1) is 11.8 Å². The molecule has 0 radical (unpaired) electrons. The first-order chi connectivity index (χ1) is 16.0. The van der Waals surface area contributed by atoms with Crippen LogP contribution >= 0.6 is 11.8 Å². The van der Waals surface area contributed by atoms with Crippen molar-refractivity contribution < 1.29 is 14.0 Å². The highest BCUT2D eigenvalue weighted by atomic mass is 32.2. The highest BCUT2D eigenvalue weighted by Crippen LogP contribution is 2.22. The molecule has 2 aromatic heterocycles. The Bertz CT molecular complexity index is 1080. The number of rotatable bonds is 8. The fourth-order valence-electron chi connectivity index (χ4n) is 3.78. The largest absolute Gasteiger partial charge is 0.456 e. The lowest BCUT2D eigenvalue weighted by Crippen LogP contribution is -2.46. The molecule has 4 rings (SSSR count). The summed E-state index contributed by atoms with van der Waals surface area (Å²) in [5.74, 6) is 1.64. The average Bonchev–Trinajstić information content (AvgIpc) is 3.26. The molecule has 0 bridgehead atoms. The van der Waals surface area contributed by atoms with Crippen molar-refractivity contribution in [2.24, 2.45) is 0 Å². The van der Waals surface area contributed by atoms with E-state index in [2.05, 4.69) is 26.6 Å². The number of furan rings is 1. The number of nitrogens with one attached hydrogen (secondary N) is 2. The molecule has 8 heteroatoms. The van der Waals surface area contributed by atoms with Crippen molar-refractivity contribution >= 4 is 29.3 Å². The summed E-state index contributed by atoms with van der Waals surface area (Å²) < 4.78 is 5.38. The lowest BCUT2D eigenvalue weighted by molar-refractivity contribution is -0.117. The molecule has 1 saturated heterocycles. The fourth-order valence-corrected chi connectivity index (χ4v) is 4.59. The van der Waals surface area contributed by atoms with E-state index in [1.54, 1.807) is 30.1 Å². The van der Waals surface area contributed by atoms with Gasteiger partial charge in [-0.25, -0.2) is 4.98 Å². The van der Waals surface area contributed by atoms with Crippen LogP contribution in [0.25, 0.3) is 0 Å². The molecule has 3 heterocycles. The van der Waals surface area contributed by atoms with E-state index in [-0.39, 0.29) is 17.9 Å². The minimum Gasteiger partial charge on any atom is -0.456 e. The van der Waals surface area contributed by atoms with Crippen molar-refractivity contribution in [1.82, 2.24) is 15.2 Å². The molecule has 3 aromatic rings. The van der Waals surface area contributed by atoms with Gasteiger partial charge in [0.25, 0.3) is 5.91 Å². The first kappa shape index (κ1) is 23.1. The lowest BCUT2D eigenvalue weighted by Gasteiger charge is -2.31. The van der Waals surface area contributed by atoms with E-state index >= 15 is 0 Å². The molecule has 2 N–H and O–H groups in total. The van der Waals surface area contributed by atoms with Gasteiger partial charge in [0, 0.05) is 36.8 Å². The minimum atomic E-state index is -0.180. The van der Waals surface area contributed by atoms with Crippen LogP contribution < -0.4 is 10.6 Å². The molecule has 0 atom stereocenters. The normalized spacial score (nSPS) is 14.7. The van der Waals surface area contributed by atoms with Gasteiger partial charge in [-0.1, -0.05) is 18.2 Å². The van der Waals surface area contributed by atoms with E-state index in [0.29, 0.717) is 12.3 Å². The Morgan fingerprint density at radius 1 is 1.12 bits per heavy atom. The number of aryl methyl sites for hydroxylation is 1. The van der Waals surface area contributed by atoms with E-state index in [4.69, 9.17) is 4.42 Å². The summed E-state index contributed by atoms with van der Waals surface area (Å²) in [4.78, 5) is 31.3. The van der Waals surface area contributed by atoms with Crippen molar-refractivity contribution in [3.05, 3.63) is 77.9 Å². The first-order valence-corrected chi connectivity index (χ1v) is 12.1. The molecular formula is C25H28N4O3S. The van der Waals surface area contributed by atoms with Gasteiger partial charge in [-0.2, -0.15) is 0 Å². The molecule has 1 aromatic carbocycles. The molecule has 1 aliphatic heterocycles. The topological polar surface area (TPSA) is 87.5 Å². The molecule has 2 amide bonds. The quantitative estimate of drug-likeness (QED) is 0.488. The summed E-state index contributed by atoms with van der Waals surface area (Å²) in [6.07, 6.45) is 3.40. The number of carbonyl (C=O) groups excluding carboxylic acids is 2. The first-order valence-electron chi connectivity index (χ1n) is 11.1. The predicted molar refractivity (Wildman–Crippen MR) is 129 cm³/mol. The van der Waals surface area contributed by atoms with Crippen molar-refractivity contribution in [3.63, 3.8) is 0 Å². The molecule has 7 nitrogen and oxygen atoms in total. The summed E-state index contributed by atoms with van der Waals surface area (Å²) in [6, 6.07) is 17.4. The molecule has 33 heavy (non-hydrogen) atoms. The van der Waals surface area contributed by atoms with Crippen molar-refractivity contribution in [2.45, 2.75) is 36.6 Å². The molecule has 0 spiro atoms. The Kier molecular flexibility index (Phi) is 7.80. The van der Waals surface area contributed by atoms with Crippen molar-refractivity contribution in [1.29, 1.82) is 0 Å². The molecule has 172 valence electrons. The summed E-state index contributed by atoms with van der Waals surface area (Å²) >= 11 is 1.67. The third-order valence-corrected chi connectivity index (χ3v) is 6.50. The number of amides is 2. The van der Waals surface area contributed by atoms with Gasteiger partial charge in [-0.3, -0.25) is 14.5 Å². The van der Waals surface area contributed by atoms with Gasteiger partial charge in [0.2, 0.25) is 5.91 Å². The summed E-state index contributed by atoms with van der Waals surface area (Å²) in [5, 5.41) is 7.01. The summed E-state index contributed by atoms with van der Waals surface area (Å²) in [7, 11) is 0. The van der Waals surface area contributed by atoms with Crippen molar-refractivity contribution in [3.8, 4) is 0 Å². The number of thioether (sulfide) groups is 1. The maximum Gasteiger partial charge on any atom is 0.287 e. The zero-order chi connectivity index (χ0) is 23.0. The zero-order valence-electron chi connectivity index (χ0n) is 18.6. The minimum absolute atomic E-state index is 0.0296. The fraction of sp³-hybridized carbons (Fsp3) is 0.320. The van der Waals surface area contributed by atoms with Gasteiger partial charge >= 0.3 is 0 Å². The number of hydrogen-bond donors (Lipinski definition) is 2. The van der Waals surface area contributed by atoms with Crippen molar-refractivity contribution in [2.75, 3.05) is 25.0 Å². The standard InChI is InChI=1S/C25H28N4O3S/c1-18-8-9-22(32-18)25(31)28-20-10-13-29(14-11-20)16-23(30)27-21-6-4-5-19(15-21)17-33-24-7-2-3-12-26-24/h2-9,12,15,20H,10-11,13-14,16-17H2,1H3,(H,27,30)(H,28,31). The maximum atomic E-state index is 12.6. The van der Waals surface area contributed by atoms with Gasteiger partial charge in [0.1, 0.15) is 5.76 Å². The molecular weight excluding hydrogens is 436 g/mol. The third kappa shape index (κ3) is 6.94. The van der Waals surface area contributed by atoms with Crippen LogP contribution in [0.4, 0.5) is 5.69 Å². The second kappa shape index (κ2) is 11.2. The van der Waals surface area contributed by atoms with Gasteiger partial charge in [0.05, 0.1) is 11.6 Å². The number of benzene rings is 1. The van der Waals surface area contributed by atoms with Crippen LogP contribution in [0.1, 0.15) is 34.7 Å². The molecule has 1 aliphatic rings. The Morgan fingerprint density at radius 2 is 1.97 bits per heavy atom. The van der Waals surface area contributed by atoms with Crippen LogP contribution in [-0.2, 0) is 10.5 Å². The monoisotopic (exact) mass is 464 g/mol. The van der Waals surface area contributed by atoms with Crippen LogP contribution in [0.5, 0.6) is 0 Å².